The average molecular weight is 196 g/mol. The van der Waals surface area contributed by atoms with E-state index in [9.17, 15) is 9.36 Å². The molecule has 0 aromatic heterocycles. The zero-order chi connectivity index (χ0) is 9.56. The molecule has 0 aromatic rings. The Labute approximate surface area is 70.2 Å². The first kappa shape index (κ1) is 11.4. The molecule has 0 bridgehead atoms. The van der Waals surface area contributed by atoms with Crippen molar-refractivity contribution in [2.24, 2.45) is 5.73 Å². The van der Waals surface area contributed by atoms with E-state index in [1.54, 1.807) is 0 Å². The summed E-state index contributed by atoms with van der Waals surface area (Å²) in [5.74, 6) is -1.14. The summed E-state index contributed by atoms with van der Waals surface area (Å²) in [6.45, 7) is -0.627. The van der Waals surface area contributed by atoms with Gasteiger partial charge in [0.25, 0.3) is 0 Å². The highest BCUT2D eigenvalue weighted by molar-refractivity contribution is 7.39. The van der Waals surface area contributed by atoms with Crippen LogP contribution in [0.15, 0.2) is 0 Å². The maximum absolute atomic E-state index is 10.7. The predicted octanol–water partition coefficient (Wildman–Crippen LogP) is -0.503. The van der Waals surface area contributed by atoms with Crippen LogP contribution in [0.2, 0.25) is 0 Å². The van der Waals surface area contributed by atoms with Gasteiger partial charge in [-0.1, -0.05) is 0 Å². The van der Waals surface area contributed by atoms with Crippen LogP contribution >= 0.6 is 8.03 Å². The zero-order valence-corrected chi connectivity index (χ0v) is 7.24. The van der Waals surface area contributed by atoms with E-state index in [0.717, 1.165) is 0 Å². The minimum atomic E-state index is -1.98. The maximum Gasteiger partial charge on any atom is 0.510 e. The van der Waals surface area contributed by atoms with E-state index in [0.29, 0.717) is 0 Å². The molecule has 0 fully saturated rings. The van der Waals surface area contributed by atoms with Crippen molar-refractivity contribution in [3.05, 3.63) is 0 Å². The summed E-state index contributed by atoms with van der Waals surface area (Å²) >= 11 is 0. The third-order valence-corrected chi connectivity index (χ3v) is 2.17. The highest BCUT2D eigenvalue weighted by Gasteiger charge is 2.21. The molecule has 7 heteroatoms. The van der Waals surface area contributed by atoms with Gasteiger partial charge in [-0.25, -0.2) is 0 Å². The molecule has 0 radical (unpaired) electrons. The molecule has 0 amide bonds. The van der Waals surface area contributed by atoms with E-state index in [2.05, 4.69) is 4.52 Å². The normalized spacial score (nSPS) is 14.0. The van der Waals surface area contributed by atoms with Crippen molar-refractivity contribution in [1.82, 2.24) is 0 Å². The lowest BCUT2D eigenvalue weighted by Gasteiger charge is -1.99. The van der Waals surface area contributed by atoms with Gasteiger partial charge in [0, 0.05) is 6.42 Å². The number of carboxylic acid groups (broad SMARTS) is 1. The minimum Gasteiger partial charge on any atom is -0.480 e. The molecule has 0 saturated carbocycles. The third-order valence-electron chi connectivity index (χ3n) is 1.14. The second kappa shape index (κ2) is 6.02. The fourth-order valence-electron chi connectivity index (χ4n) is 0.497. The van der Waals surface area contributed by atoms with Crippen molar-refractivity contribution in [2.45, 2.75) is 12.5 Å². The van der Waals surface area contributed by atoms with Crippen molar-refractivity contribution in [1.29, 1.82) is 0 Å². The van der Waals surface area contributed by atoms with Crippen LogP contribution in [0.3, 0.4) is 0 Å². The maximum atomic E-state index is 10.7. The van der Waals surface area contributed by atoms with Crippen LogP contribution in [0.1, 0.15) is 6.42 Å². The SMILES string of the molecule is NC(CC[P+](=O)OCO)C(=O)O. The van der Waals surface area contributed by atoms with E-state index < -0.39 is 26.8 Å². The quantitative estimate of drug-likeness (QED) is 0.390. The highest BCUT2D eigenvalue weighted by Crippen LogP contribution is 2.22. The second-order valence-electron chi connectivity index (χ2n) is 2.05. The van der Waals surface area contributed by atoms with Gasteiger partial charge >= 0.3 is 14.0 Å². The number of hydrogen-bond acceptors (Lipinski definition) is 5. The fourth-order valence-corrected chi connectivity index (χ4v) is 1.24. The predicted molar refractivity (Wildman–Crippen MR) is 40.9 cm³/mol. The van der Waals surface area contributed by atoms with Gasteiger partial charge in [0.1, 0.15) is 6.04 Å². The number of carbonyl (C=O) groups is 1. The van der Waals surface area contributed by atoms with Crippen molar-refractivity contribution in [3.8, 4) is 0 Å². The summed E-state index contributed by atoms with van der Waals surface area (Å²) in [7, 11) is -1.98. The van der Waals surface area contributed by atoms with Crippen molar-refractivity contribution in [3.63, 3.8) is 0 Å². The highest BCUT2D eigenvalue weighted by atomic mass is 31.1. The monoisotopic (exact) mass is 196 g/mol. The van der Waals surface area contributed by atoms with Crippen molar-refractivity contribution >= 4 is 14.0 Å². The third kappa shape index (κ3) is 5.15. The Balaban J connectivity index is 3.54. The Bertz CT molecular complexity index is 173. The number of carboxylic acids is 1. The van der Waals surface area contributed by atoms with Gasteiger partial charge < -0.3 is 15.9 Å². The van der Waals surface area contributed by atoms with E-state index in [1.165, 1.54) is 0 Å². The van der Waals surface area contributed by atoms with E-state index in [4.69, 9.17) is 15.9 Å². The first-order chi connectivity index (χ1) is 5.57. The van der Waals surface area contributed by atoms with Crippen LogP contribution in [0.5, 0.6) is 0 Å². The molecule has 0 aliphatic rings. The summed E-state index contributed by atoms with van der Waals surface area (Å²) in [6, 6.07) is -1.02. The number of aliphatic hydroxyl groups is 1. The number of hydrogen-bond donors (Lipinski definition) is 3. The van der Waals surface area contributed by atoms with E-state index in [-0.39, 0.29) is 12.6 Å². The van der Waals surface area contributed by atoms with Crippen molar-refractivity contribution < 1.29 is 24.1 Å². The number of nitrogens with two attached hydrogens (primary N) is 1. The van der Waals surface area contributed by atoms with Gasteiger partial charge in [-0.05, 0) is 4.57 Å². The Kier molecular flexibility index (Phi) is 5.74. The molecule has 6 nitrogen and oxygen atoms in total. The lowest BCUT2D eigenvalue weighted by atomic mass is 10.2. The molecule has 70 valence electrons. The molecule has 0 aliphatic heterocycles. The van der Waals surface area contributed by atoms with Crippen molar-refractivity contribution in [2.75, 3.05) is 13.0 Å². The van der Waals surface area contributed by atoms with Crippen LogP contribution in [0, 0.1) is 0 Å². The Morgan fingerprint density at radius 3 is 2.67 bits per heavy atom. The van der Waals surface area contributed by atoms with Gasteiger partial charge in [-0.3, -0.25) is 4.79 Å². The molecule has 0 aromatic carbocycles. The molecular weight excluding hydrogens is 185 g/mol. The lowest BCUT2D eigenvalue weighted by molar-refractivity contribution is -0.138. The van der Waals surface area contributed by atoms with E-state index >= 15 is 0 Å². The molecule has 4 N–H and O–H groups in total. The van der Waals surface area contributed by atoms with Crippen LogP contribution in [-0.2, 0) is 13.9 Å². The molecule has 0 aliphatic carbocycles. The van der Waals surface area contributed by atoms with Gasteiger partial charge in [0.2, 0.25) is 0 Å². The smallest absolute Gasteiger partial charge is 0.480 e. The molecule has 0 rings (SSSR count). The standard InChI is InChI=1S/C5H10NO5P/c6-4(5(8)9)1-2-12(10)11-3-7/h4,7H,1-3,6H2/p+1. The van der Waals surface area contributed by atoms with Gasteiger partial charge in [-0.15, -0.1) is 4.52 Å². The number of rotatable bonds is 6. The zero-order valence-electron chi connectivity index (χ0n) is 6.34. The minimum absolute atomic E-state index is 0.0450. The number of aliphatic carboxylic acids is 1. The first-order valence-electron chi connectivity index (χ1n) is 3.24. The molecule has 0 saturated heterocycles. The van der Waals surface area contributed by atoms with E-state index in [1.807, 2.05) is 0 Å². The van der Waals surface area contributed by atoms with Crippen LogP contribution in [-0.4, -0.2) is 35.2 Å². The summed E-state index contributed by atoms with van der Waals surface area (Å²) in [6.07, 6.45) is 0.119. The molecule has 0 heterocycles. The second-order valence-corrected chi connectivity index (χ2v) is 3.42. The van der Waals surface area contributed by atoms with Crippen LogP contribution < -0.4 is 5.73 Å². The molecular formula is C5H11NO5P+. The summed E-state index contributed by atoms with van der Waals surface area (Å²) in [4.78, 5) is 10.2. The Morgan fingerprint density at radius 2 is 2.25 bits per heavy atom. The molecule has 2 atom stereocenters. The Hall–Kier alpha value is -0.550. The molecule has 12 heavy (non-hydrogen) atoms. The molecule has 0 spiro atoms. The lowest BCUT2D eigenvalue weighted by Crippen LogP contribution is -2.30. The topological polar surface area (TPSA) is 110 Å². The van der Waals surface area contributed by atoms with Gasteiger partial charge in [0.05, 0.1) is 0 Å². The fraction of sp³-hybridized carbons (Fsp3) is 0.800. The van der Waals surface area contributed by atoms with Gasteiger partial charge in [-0.2, -0.15) is 0 Å². The van der Waals surface area contributed by atoms with Crippen LogP contribution in [0.25, 0.3) is 0 Å². The average Bonchev–Trinajstić information content (AvgIpc) is 2.00. The largest absolute Gasteiger partial charge is 0.510 e. The number of aliphatic hydroxyl groups excluding tert-OH is 1. The summed E-state index contributed by atoms with van der Waals surface area (Å²) < 4.78 is 15.0. The Morgan fingerprint density at radius 1 is 1.67 bits per heavy atom. The molecule has 2 unspecified atom stereocenters. The summed E-state index contributed by atoms with van der Waals surface area (Å²) in [5.41, 5.74) is 5.11. The van der Waals surface area contributed by atoms with Crippen LogP contribution in [0.4, 0.5) is 0 Å². The summed E-state index contributed by atoms with van der Waals surface area (Å²) in [5, 5.41) is 16.5. The van der Waals surface area contributed by atoms with Gasteiger partial charge in [0.15, 0.2) is 13.0 Å². The first-order valence-corrected chi connectivity index (χ1v) is 4.61.